The molecule has 0 amide bonds. The zero-order valence-corrected chi connectivity index (χ0v) is 12.0. The van der Waals surface area contributed by atoms with Gasteiger partial charge in [0, 0.05) is 0 Å². The van der Waals surface area contributed by atoms with E-state index < -0.39 is 0 Å². The molecular formula is C16H8N4O4. The predicted octanol–water partition coefficient (Wildman–Crippen LogP) is 3.24. The molecule has 2 aromatic carbocycles. The topological polar surface area (TPSA) is 118 Å². The molecule has 0 aliphatic rings. The molecule has 8 nitrogen and oxygen atoms in total. The molecule has 0 bridgehead atoms. The Balaban J connectivity index is 0.000000240. The lowest BCUT2D eigenvalue weighted by Gasteiger charge is -1.92. The fourth-order valence-corrected chi connectivity index (χ4v) is 1.50. The molecule has 0 atom stereocenters. The highest BCUT2D eigenvalue weighted by atomic mass is 16.1. The van der Waals surface area contributed by atoms with E-state index in [0.717, 1.165) is 0 Å². The number of rotatable bonds is 4. The van der Waals surface area contributed by atoms with Gasteiger partial charge in [0.25, 0.3) is 0 Å². The number of nitrogens with zero attached hydrogens (tertiary/aromatic N) is 4. The molecule has 0 saturated heterocycles. The van der Waals surface area contributed by atoms with E-state index in [-0.39, 0.29) is 0 Å². The molecule has 2 aromatic rings. The summed E-state index contributed by atoms with van der Waals surface area (Å²) >= 11 is 0. The van der Waals surface area contributed by atoms with E-state index in [1.54, 1.807) is 48.5 Å². The summed E-state index contributed by atoms with van der Waals surface area (Å²) in [5.74, 6) is 0. The minimum absolute atomic E-state index is 0.316. The average molecular weight is 320 g/mol. The van der Waals surface area contributed by atoms with Crippen molar-refractivity contribution in [2.45, 2.75) is 0 Å². The van der Waals surface area contributed by atoms with Crippen LogP contribution in [0.25, 0.3) is 0 Å². The molecule has 0 radical (unpaired) electrons. The minimum atomic E-state index is 0.316. The van der Waals surface area contributed by atoms with Gasteiger partial charge in [-0.2, -0.15) is 20.0 Å². The van der Waals surface area contributed by atoms with Gasteiger partial charge in [0.05, 0.1) is 0 Å². The van der Waals surface area contributed by atoms with Crippen LogP contribution in [0.5, 0.6) is 0 Å². The van der Waals surface area contributed by atoms with Crippen LogP contribution in [0, 0.1) is 0 Å². The first-order valence-electron chi connectivity index (χ1n) is 6.26. The van der Waals surface area contributed by atoms with Gasteiger partial charge in [-0.05, 0) is 24.3 Å². The molecule has 116 valence electrons. The lowest BCUT2D eigenvalue weighted by atomic mass is 10.3. The highest BCUT2D eigenvalue weighted by molar-refractivity contribution is 5.68. The second-order valence-electron chi connectivity index (χ2n) is 3.79. The Kier molecular flexibility index (Phi) is 7.99. The Labute approximate surface area is 135 Å². The van der Waals surface area contributed by atoms with Gasteiger partial charge in [-0.25, -0.2) is 19.2 Å². The van der Waals surface area contributed by atoms with Crippen molar-refractivity contribution in [1.82, 2.24) is 0 Å². The van der Waals surface area contributed by atoms with Gasteiger partial charge in [-0.1, -0.05) is 24.3 Å². The summed E-state index contributed by atoms with van der Waals surface area (Å²) in [7, 11) is 0. The maximum Gasteiger partial charge on any atom is 0.240 e. The van der Waals surface area contributed by atoms with Crippen molar-refractivity contribution >= 4 is 47.1 Å². The third-order valence-electron chi connectivity index (χ3n) is 2.43. The van der Waals surface area contributed by atoms with Gasteiger partial charge in [0.15, 0.2) is 0 Å². The maximum atomic E-state index is 9.90. The van der Waals surface area contributed by atoms with Gasteiger partial charge < -0.3 is 0 Å². The van der Waals surface area contributed by atoms with E-state index in [1.165, 1.54) is 24.3 Å². The summed E-state index contributed by atoms with van der Waals surface area (Å²) in [6.07, 6.45) is 5.47. The van der Waals surface area contributed by atoms with Crippen molar-refractivity contribution in [3.05, 3.63) is 48.5 Å². The van der Waals surface area contributed by atoms with E-state index in [1.807, 2.05) is 0 Å². The Bertz CT molecular complexity index is 750. The van der Waals surface area contributed by atoms with E-state index in [0.29, 0.717) is 22.7 Å². The van der Waals surface area contributed by atoms with Crippen molar-refractivity contribution in [2.75, 3.05) is 0 Å². The van der Waals surface area contributed by atoms with Crippen LogP contribution in [0.2, 0.25) is 0 Å². The highest BCUT2D eigenvalue weighted by Crippen LogP contribution is 2.26. The zero-order chi connectivity index (χ0) is 17.6. The predicted molar refractivity (Wildman–Crippen MR) is 84.0 cm³/mol. The largest absolute Gasteiger partial charge is 0.240 e. The number of aliphatic imine (C=N–C) groups is 4. The molecule has 0 saturated carbocycles. The van der Waals surface area contributed by atoms with Crippen molar-refractivity contribution in [2.24, 2.45) is 20.0 Å². The molecule has 0 spiro atoms. The maximum absolute atomic E-state index is 9.90. The van der Waals surface area contributed by atoms with Crippen LogP contribution in [-0.4, -0.2) is 24.3 Å². The summed E-state index contributed by atoms with van der Waals surface area (Å²) in [5.41, 5.74) is 1.26. The molecule has 0 unspecified atom stereocenters. The molecule has 0 aliphatic heterocycles. The molecule has 24 heavy (non-hydrogen) atoms. The van der Waals surface area contributed by atoms with Gasteiger partial charge in [-0.15, -0.1) is 0 Å². The van der Waals surface area contributed by atoms with Gasteiger partial charge in [0.2, 0.25) is 24.3 Å². The van der Waals surface area contributed by atoms with Crippen molar-refractivity contribution in [1.29, 1.82) is 0 Å². The van der Waals surface area contributed by atoms with Crippen molar-refractivity contribution in [3.8, 4) is 0 Å². The summed E-state index contributed by atoms with van der Waals surface area (Å²) in [6, 6.07) is 12.9. The second kappa shape index (κ2) is 10.7. The molecule has 0 aliphatic carbocycles. The Hall–Kier alpha value is -4.04. The van der Waals surface area contributed by atoms with Crippen molar-refractivity contribution < 1.29 is 19.2 Å². The van der Waals surface area contributed by atoms with Crippen LogP contribution >= 0.6 is 0 Å². The zero-order valence-electron chi connectivity index (χ0n) is 12.0. The quantitative estimate of drug-likeness (QED) is 0.634. The monoisotopic (exact) mass is 320 g/mol. The first kappa shape index (κ1) is 18.0. The fourth-order valence-electron chi connectivity index (χ4n) is 1.50. The summed E-state index contributed by atoms with van der Waals surface area (Å²) in [4.78, 5) is 53.0. The third kappa shape index (κ3) is 5.76. The third-order valence-corrected chi connectivity index (χ3v) is 2.43. The summed E-state index contributed by atoms with van der Waals surface area (Å²) < 4.78 is 0. The fraction of sp³-hybridized carbons (Fsp3) is 0. The van der Waals surface area contributed by atoms with Crippen LogP contribution in [0.3, 0.4) is 0 Å². The molecule has 0 heterocycles. The van der Waals surface area contributed by atoms with Crippen LogP contribution in [0.1, 0.15) is 0 Å². The average Bonchev–Trinajstić information content (AvgIpc) is 2.60. The van der Waals surface area contributed by atoms with E-state index in [4.69, 9.17) is 0 Å². The molecule has 0 N–H and O–H groups in total. The van der Waals surface area contributed by atoms with Crippen molar-refractivity contribution in [3.63, 3.8) is 0 Å². The van der Waals surface area contributed by atoms with Gasteiger partial charge in [-0.3, -0.25) is 0 Å². The van der Waals surface area contributed by atoms with E-state index in [9.17, 15) is 19.2 Å². The minimum Gasteiger partial charge on any atom is -0.211 e. The van der Waals surface area contributed by atoms with Gasteiger partial charge >= 0.3 is 0 Å². The first-order chi connectivity index (χ1) is 11.8. The number of hydrogen-bond donors (Lipinski definition) is 0. The Morgan fingerprint density at radius 2 is 0.667 bits per heavy atom. The molecule has 0 fully saturated rings. The number of carbonyl (C=O) groups excluding carboxylic acids is 4. The van der Waals surface area contributed by atoms with Crippen LogP contribution < -0.4 is 0 Å². The molecule has 0 aromatic heterocycles. The van der Waals surface area contributed by atoms with E-state index in [2.05, 4.69) is 20.0 Å². The van der Waals surface area contributed by atoms with E-state index >= 15 is 0 Å². The smallest absolute Gasteiger partial charge is 0.211 e. The van der Waals surface area contributed by atoms with Crippen LogP contribution in [0.15, 0.2) is 68.5 Å². The highest BCUT2D eigenvalue weighted by Gasteiger charge is 1.96. The summed E-state index contributed by atoms with van der Waals surface area (Å²) in [6.45, 7) is 0. The normalized spacial score (nSPS) is 8.00. The Morgan fingerprint density at radius 1 is 0.458 bits per heavy atom. The number of benzene rings is 2. The molecule has 8 heteroatoms. The number of isocyanates is 4. The summed E-state index contributed by atoms with van der Waals surface area (Å²) in [5, 5.41) is 0. The van der Waals surface area contributed by atoms with Gasteiger partial charge in [0.1, 0.15) is 22.7 Å². The number of para-hydroxylation sites is 4. The molecule has 2 rings (SSSR count). The lowest BCUT2D eigenvalue weighted by Crippen LogP contribution is -1.66. The van der Waals surface area contributed by atoms with Crippen LogP contribution in [0.4, 0.5) is 22.7 Å². The standard InChI is InChI=1S/2C8H4N2O2/c2*11-5-9-7-3-1-2-4-8(7)10-6-12/h2*1-4H. The van der Waals surface area contributed by atoms with Crippen LogP contribution in [-0.2, 0) is 19.2 Å². The molecular weight excluding hydrogens is 312 g/mol. The second-order valence-corrected chi connectivity index (χ2v) is 3.79. The Morgan fingerprint density at radius 3 is 0.833 bits per heavy atom. The SMILES string of the molecule is O=C=Nc1ccccc1N=C=O.O=C=Nc1ccccc1N=C=O. The number of hydrogen-bond acceptors (Lipinski definition) is 8. The first-order valence-corrected chi connectivity index (χ1v) is 6.26. The lowest BCUT2D eigenvalue weighted by molar-refractivity contribution is 0.564.